The van der Waals surface area contributed by atoms with E-state index in [0.29, 0.717) is 30.9 Å². The number of hydrogen-bond acceptors (Lipinski definition) is 4. The lowest BCUT2D eigenvalue weighted by atomic mass is 10.2. The summed E-state index contributed by atoms with van der Waals surface area (Å²) in [5, 5.41) is 2.79. The Labute approximate surface area is 167 Å². The van der Waals surface area contributed by atoms with Crippen molar-refractivity contribution < 1.29 is 17.9 Å². The average molecular weight is 405 g/mol. The van der Waals surface area contributed by atoms with Gasteiger partial charge in [0.2, 0.25) is 10.0 Å². The van der Waals surface area contributed by atoms with Crippen LogP contribution >= 0.6 is 0 Å². The summed E-state index contributed by atoms with van der Waals surface area (Å²) >= 11 is 0. The standard InChI is InChI=1S/C21H28N2O4S/c1-5-20(27-18-12-8-16(4)9-13-18)21(24)22-17-10-14-19(15-11-17)28(25,26)23(6-2)7-3/h8-15,20H,5-7H2,1-4H3,(H,22,24)/t20-/m1/s1. The highest BCUT2D eigenvalue weighted by Gasteiger charge is 2.22. The van der Waals surface area contributed by atoms with Gasteiger partial charge in [-0.25, -0.2) is 8.42 Å². The van der Waals surface area contributed by atoms with Crippen molar-refractivity contribution in [1.82, 2.24) is 4.31 Å². The highest BCUT2D eigenvalue weighted by Crippen LogP contribution is 2.20. The molecule has 0 radical (unpaired) electrons. The molecule has 2 aromatic carbocycles. The summed E-state index contributed by atoms with van der Waals surface area (Å²) in [6.07, 6.45) is -0.129. The molecule has 0 unspecified atom stereocenters. The zero-order chi connectivity index (χ0) is 20.7. The first-order valence-electron chi connectivity index (χ1n) is 9.46. The summed E-state index contributed by atoms with van der Waals surface area (Å²) in [7, 11) is -3.52. The second-order valence-corrected chi connectivity index (χ2v) is 8.37. The molecule has 2 aromatic rings. The predicted molar refractivity (Wildman–Crippen MR) is 111 cm³/mol. The molecule has 152 valence electrons. The SMILES string of the molecule is CC[C@@H](Oc1ccc(C)cc1)C(=O)Nc1ccc(S(=O)(=O)N(CC)CC)cc1. The lowest BCUT2D eigenvalue weighted by molar-refractivity contribution is -0.122. The van der Waals surface area contributed by atoms with Gasteiger partial charge in [-0.05, 0) is 49.7 Å². The molecule has 0 saturated heterocycles. The Morgan fingerprint density at radius 2 is 1.57 bits per heavy atom. The molecule has 0 aliphatic carbocycles. The molecule has 2 rings (SSSR count). The van der Waals surface area contributed by atoms with Crippen LogP contribution in [0.1, 0.15) is 32.8 Å². The van der Waals surface area contributed by atoms with Gasteiger partial charge in [0.05, 0.1) is 4.90 Å². The normalized spacial score (nSPS) is 12.6. The summed E-state index contributed by atoms with van der Waals surface area (Å²) < 4.78 is 32.2. The van der Waals surface area contributed by atoms with E-state index in [4.69, 9.17) is 4.74 Å². The Balaban J connectivity index is 2.07. The predicted octanol–water partition coefficient (Wildman–Crippen LogP) is 3.82. The summed E-state index contributed by atoms with van der Waals surface area (Å²) in [5.74, 6) is 0.357. The third-order valence-corrected chi connectivity index (χ3v) is 6.49. The maximum atomic E-state index is 12.5. The molecule has 1 amide bonds. The molecule has 0 aliphatic rings. The Hall–Kier alpha value is -2.38. The Morgan fingerprint density at radius 3 is 2.07 bits per heavy atom. The number of hydrogen-bond donors (Lipinski definition) is 1. The van der Waals surface area contributed by atoms with Crippen LogP contribution in [0.5, 0.6) is 5.75 Å². The number of nitrogens with one attached hydrogen (secondary N) is 1. The Morgan fingerprint density at radius 1 is 1.00 bits per heavy atom. The zero-order valence-corrected chi connectivity index (χ0v) is 17.6. The van der Waals surface area contributed by atoms with Crippen LogP contribution in [0.25, 0.3) is 0 Å². The van der Waals surface area contributed by atoms with Crippen molar-refractivity contribution in [2.24, 2.45) is 0 Å². The van der Waals surface area contributed by atoms with Gasteiger partial charge in [0.25, 0.3) is 5.91 Å². The fourth-order valence-corrected chi connectivity index (χ4v) is 4.21. The van der Waals surface area contributed by atoms with Gasteiger partial charge in [0.15, 0.2) is 6.10 Å². The third-order valence-electron chi connectivity index (χ3n) is 4.43. The smallest absolute Gasteiger partial charge is 0.265 e. The van der Waals surface area contributed by atoms with E-state index < -0.39 is 16.1 Å². The van der Waals surface area contributed by atoms with Gasteiger partial charge in [0.1, 0.15) is 5.75 Å². The molecular formula is C21H28N2O4S. The molecule has 0 aromatic heterocycles. The van der Waals surface area contributed by atoms with Crippen LogP contribution in [-0.2, 0) is 14.8 Å². The number of amides is 1. The quantitative estimate of drug-likeness (QED) is 0.689. The molecule has 1 N–H and O–H groups in total. The van der Waals surface area contributed by atoms with Crippen molar-refractivity contribution in [1.29, 1.82) is 0 Å². The largest absolute Gasteiger partial charge is 0.481 e. The van der Waals surface area contributed by atoms with Crippen LogP contribution < -0.4 is 10.1 Å². The topological polar surface area (TPSA) is 75.7 Å². The van der Waals surface area contributed by atoms with Crippen molar-refractivity contribution in [3.8, 4) is 5.75 Å². The van der Waals surface area contributed by atoms with Crippen LogP contribution in [0.3, 0.4) is 0 Å². The monoisotopic (exact) mass is 404 g/mol. The summed E-state index contributed by atoms with van der Waals surface area (Å²) in [6.45, 7) is 8.27. The van der Waals surface area contributed by atoms with Crippen molar-refractivity contribution in [3.05, 3.63) is 54.1 Å². The van der Waals surface area contributed by atoms with Crippen LogP contribution in [0.2, 0.25) is 0 Å². The molecular weight excluding hydrogens is 376 g/mol. The summed E-state index contributed by atoms with van der Waals surface area (Å²) in [6, 6.07) is 13.7. The number of aryl methyl sites for hydroxylation is 1. The van der Waals surface area contributed by atoms with Crippen LogP contribution in [0.4, 0.5) is 5.69 Å². The second kappa shape index (κ2) is 9.71. The Kier molecular flexibility index (Phi) is 7.60. The molecule has 0 heterocycles. The Bertz CT molecular complexity index is 874. The van der Waals surface area contributed by atoms with E-state index in [1.165, 1.54) is 16.4 Å². The molecule has 0 aliphatic heterocycles. The fourth-order valence-electron chi connectivity index (χ4n) is 2.75. The van der Waals surface area contributed by atoms with Crippen molar-refractivity contribution in [3.63, 3.8) is 0 Å². The van der Waals surface area contributed by atoms with Gasteiger partial charge < -0.3 is 10.1 Å². The average Bonchev–Trinajstić information content (AvgIpc) is 2.68. The first kappa shape index (κ1) is 21.9. The number of carbonyl (C=O) groups is 1. The van der Waals surface area contributed by atoms with Gasteiger partial charge in [-0.1, -0.05) is 38.5 Å². The van der Waals surface area contributed by atoms with Crippen LogP contribution in [0.15, 0.2) is 53.4 Å². The fraction of sp³-hybridized carbons (Fsp3) is 0.381. The summed E-state index contributed by atoms with van der Waals surface area (Å²) in [5.41, 5.74) is 1.64. The van der Waals surface area contributed by atoms with E-state index in [9.17, 15) is 13.2 Å². The number of ether oxygens (including phenoxy) is 1. The molecule has 0 spiro atoms. The number of benzene rings is 2. The highest BCUT2D eigenvalue weighted by atomic mass is 32.2. The second-order valence-electron chi connectivity index (χ2n) is 6.43. The first-order valence-corrected chi connectivity index (χ1v) is 10.9. The van der Waals surface area contributed by atoms with E-state index in [1.54, 1.807) is 26.0 Å². The molecule has 6 nitrogen and oxygen atoms in total. The van der Waals surface area contributed by atoms with Crippen LogP contribution in [-0.4, -0.2) is 37.8 Å². The van der Waals surface area contributed by atoms with E-state index in [1.807, 2.05) is 38.1 Å². The minimum absolute atomic E-state index is 0.206. The third kappa shape index (κ3) is 5.33. The zero-order valence-electron chi connectivity index (χ0n) is 16.8. The maximum absolute atomic E-state index is 12.5. The molecule has 7 heteroatoms. The van der Waals surface area contributed by atoms with Crippen LogP contribution in [0, 0.1) is 6.92 Å². The highest BCUT2D eigenvalue weighted by molar-refractivity contribution is 7.89. The lowest BCUT2D eigenvalue weighted by Gasteiger charge is -2.19. The van der Waals surface area contributed by atoms with Crippen molar-refractivity contribution >= 4 is 21.6 Å². The molecule has 28 heavy (non-hydrogen) atoms. The van der Waals surface area contributed by atoms with Gasteiger partial charge >= 0.3 is 0 Å². The van der Waals surface area contributed by atoms with Gasteiger partial charge in [-0.2, -0.15) is 4.31 Å². The lowest BCUT2D eigenvalue weighted by Crippen LogP contribution is -2.32. The number of sulfonamides is 1. The maximum Gasteiger partial charge on any atom is 0.265 e. The minimum Gasteiger partial charge on any atom is -0.481 e. The molecule has 0 fully saturated rings. The number of carbonyl (C=O) groups excluding carboxylic acids is 1. The van der Waals surface area contributed by atoms with Gasteiger partial charge in [-0.15, -0.1) is 0 Å². The van der Waals surface area contributed by atoms with Gasteiger partial charge in [0, 0.05) is 18.8 Å². The minimum atomic E-state index is -3.52. The number of nitrogens with zero attached hydrogens (tertiary/aromatic N) is 1. The van der Waals surface area contributed by atoms with Gasteiger partial charge in [-0.3, -0.25) is 4.79 Å². The van der Waals surface area contributed by atoms with E-state index in [2.05, 4.69) is 5.32 Å². The van der Waals surface area contributed by atoms with E-state index in [-0.39, 0.29) is 10.8 Å². The van der Waals surface area contributed by atoms with Crippen molar-refractivity contribution in [2.75, 3.05) is 18.4 Å². The molecule has 0 saturated carbocycles. The summed E-state index contributed by atoms with van der Waals surface area (Å²) in [4.78, 5) is 12.7. The number of anilines is 1. The van der Waals surface area contributed by atoms with E-state index >= 15 is 0 Å². The van der Waals surface area contributed by atoms with Crippen molar-refractivity contribution in [2.45, 2.75) is 45.1 Å². The molecule has 0 bridgehead atoms. The van der Waals surface area contributed by atoms with E-state index in [0.717, 1.165) is 5.56 Å². The molecule has 1 atom stereocenters. The number of rotatable bonds is 9. The first-order chi connectivity index (χ1) is 13.3.